The molecule has 0 radical (unpaired) electrons. The summed E-state index contributed by atoms with van der Waals surface area (Å²) in [5, 5.41) is 61.2. The lowest BCUT2D eigenvalue weighted by Gasteiger charge is -2.35. The van der Waals surface area contributed by atoms with Gasteiger partial charge in [0.25, 0.3) is 0 Å². The second-order valence-corrected chi connectivity index (χ2v) is 32.8. The van der Waals surface area contributed by atoms with Crippen LogP contribution in [0.15, 0.2) is 85.1 Å². The summed E-state index contributed by atoms with van der Waals surface area (Å²) in [6, 6.07) is 6.92. The number of carboxylic acids is 4. The van der Waals surface area contributed by atoms with Gasteiger partial charge < -0.3 is 118 Å². The predicted molar refractivity (Wildman–Crippen MR) is 471 cm³/mol. The van der Waals surface area contributed by atoms with Gasteiger partial charge in [-0.15, -0.1) is 0 Å². The van der Waals surface area contributed by atoms with E-state index >= 15 is 0 Å². The molecule has 0 unspecified atom stereocenters. The number of ether oxygens (including phenoxy) is 4. The molecule has 13 amide bonds. The zero-order valence-electron chi connectivity index (χ0n) is 74.4. The topological polar surface area (TPSA) is 654 Å². The molecule has 3 aromatic carbocycles. The molecule has 0 spiro atoms. The summed E-state index contributed by atoms with van der Waals surface area (Å²) in [5.74, 6) is -17.7. The van der Waals surface area contributed by atoms with Crippen LogP contribution in [0.4, 0.5) is 0 Å². The number of primary amides is 2. The number of aromatic amines is 1. The van der Waals surface area contributed by atoms with Crippen LogP contribution >= 0.6 is 0 Å². The fourth-order valence-corrected chi connectivity index (χ4v) is 14.1. The lowest BCUT2D eigenvalue weighted by Crippen LogP contribution is -2.60. The van der Waals surface area contributed by atoms with E-state index in [0.29, 0.717) is 28.5 Å². The number of nitrogens with two attached hydrogens (primary N) is 2. The van der Waals surface area contributed by atoms with Gasteiger partial charge in [0.05, 0.1) is 59.0 Å². The van der Waals surface area contributed by atoms with E-state index in [-0.39, 0.29) is 116 Å². The Kier molecular flexibility index (Phi) is 52.0. The molecule has 0 aliphatic heterocycles. The van der Waals surface area contributed by atoms with Crippen molar-refractivity contribution in [3.63, 3.8) is 0 Å². The molecule has 131 heavy (non-hydrogen) atoms. The molecule has 0 fully saturated rings. The van der Waals surface area contributed by atoms with Crippen LogP contribution in [-0.2, 0) is 130 Å². The minimum atomic E-state index is -5.01. The van der Waals surface area contributed by atoms with Crippen molar-refractivity contribution < 1.29 is 138 Å². The third-order valence-electron chi connectivity index (χ3n) is 20.6. The Hall–Kier alpha value is -12.3. The summed E-state index contributed by atoms with van der Waals surface area (Å²) in [6.45, 7) is 1.29. The number of H-pyrrole nitrogens is 1. The number of carbonyl (C=O) groups excluding carboxylic acids is 13. The number of nitrogens with zero attached hydrogens (tertiary/aromatic N) is 2. The fraction of sp³-hybridized carbons (Fsp3) is 0.575. The number of fused-ring (bicyclic) bond motifs is 1. The first-order valence-corrected chi connectivity index (χ1v) is 44.9. The lowest BCUT2D eigenvalue weighted by atomic mass is 10.0. The first-order valence-electron chi connectivity index (χ1n) is 43.6. The van der Waals surface area contributed by atoms with Crippen LogP contribution in [0.1, 0.15) is 178 Å². The summed E-state index contributed by atoms with van der Waals surface area (Å²) < 4.78 is 58.3. The molecule has 1 heterocycles. The zero-order chi connectivity index (χ0) is 96.8. The number of hydrogen-bond donors (Lipinski definition) is 17. The molecule has 0 aliphatic rings. The summed E-state index contributed by atoms with van der Waals surface area (Å²) >= 11 is 0. The maximum absolute atomic E-state index is 14.7. The number of aromatic nitrogens is 1. The van der Waals surface area contributed by atoms with Gasteiger partial charge in [-0.1, -0.05) is 152 Å². The smallest absolute Gasteiger partial charge is 0.446 e. The molecule has 0 saturated heterocycles. The van der Waals surface area contributed by atoms with Gasteiger partial charge in [-0.3, -0.25) is 81.3 Å². The van der Waals surface area contributed by atoms with E-state index in [1.807, 2.05) is 0 Å². The number of amides is 13. The molecule has 0 saturated carbocycles. The Morgan fingerprint density at radius 3 is 1.46 bits per heavy atom. The van der Waals surface area contributed by atoms with Gasteiger partial charge in [-0.2, -0.15) is 8.42 Å². The first-order chi connectivity index (χ1) is 62.3. The van der Waals surface area contributed by atoms with Crippen LogP contribution < -0.4 is 63.5 Å². The average Bonchev–Trinajstić information content (AvgIpc) is 1.52. The van der Waals surface area contributed by atoms with Crippen molar-refractivity contribution in [1.29, 1.82) is 0 Å². The summed E-state index contributed by atoms with van der Waals surface area (Å²) in [5.41, 5.74) is 13.1. The van der Waals surface area contributed by atoms with Crippen LogP contribution in [0.25, 0.3) is 10.9 Å². The number of hydrogen-bond acceptors (Lipinski definition) is 24. The van der Waals surface area contributed by atoms with Gasteiger partial charge >= 0.3 is 34.3 Å². The number of benzene rings is 3. The predicted octanol–water partition coefficient (Wildman–Crippen LogP) is 1.29. The standard InChI is InChI=1S/C87H128N14O29S/c1-56(2)46-65(81(115)93-53-74(105)95-67(49-59-52-92-62-27-23-22-26-61(59)62)83(117)97-63(34-36-71(88)102)85(119)101(4)70(51-79(112)113)86(120)100(3)69(80(89)114)48-57-24-18-17-19-25-57)98-82(116)66(47-58-30-32-60(33-31-58)130-131(123,124)125)99-84(118)68(50-78(110)111)96-76(107)55-129-45-43-127-41-39-91-75(106)54-128-44-42-126-40-38-90-72(103)37-35-64(87(121)122)94-73(104)28-20-15-13-11-9-7-5-6-8-10-12-14-16-21-29-77(108)109/h17-19,22-27,30-33,52,56,63-70,92H,5-16,20-21,28-29,34-51,53-55H2,1-4H3,(H2,88,102)(H2,89,114)(H,90,103)(H,91,106)(H,93,115)(H,94,104)(H,95,105)(H,96,107)(H,97,117)(H,98,116)(H,99,118)(H,108,109)(H,110,111)(H,112,113)(H,121,122)(H,123,124,125)/t63-,64-,65-,66-,67-,68-,69-,70+/m0/s1. The number of likely N-dealkylation sites (N-methyl/N-ethyl adjacent to an activating group) is 2. The Balaban J connectivity index is 1.28. The van der Waals surface area contributed by atoms with Crippen molar-refractivity contribution in [2.75, 3.05) is 86.6 Å². The number of carbonyl (C=O) groups is 17. The van der Waals surface area contributed by atoms with E-state index < -0.39 is 211 Å². The van der Waals surface area contributed by atoms with Gasteiger partial charge in [0.1, 0.15) is 67.3 Å². The van der Waals surface area contributed by atoms with Crippen molar-refractivity contribution in [3.8, 4) is 5.75 Å². The molecule has 4 aromatic rings. The van der Waals surface area contributed by atoms with Crippen molar-refractivity contribution in [2.24, 2.45) is 17.4 Å². The summed E-state index contributed by atoms with van der Waals surface area (Å²) in [6.07, 6.45) is 11.9. The van der Waals surface area contributed by atoms with Gasteiger partial charge in [-0.25, -0.2) is 4.79 Å². The largest absolute Gasteiger partial charge is 0.481 e. The number of aliphatic carboxylic acids is 4. The molecule has 43 nitrogen and oxygen atoms in total. The van der Waals surface area contributed by atoms with Gasteiger partial charge in [0.2, 0.25) is 76.8 Å². The Morgan fingerprint density at radius 1 is 0.427 bits per heavy atom. The SMILES string of the molecule is CC(C)C[C@H](NC(=O)[C@H](Cc1ccc(OS(=O)(=O)O)cc1)NC(=O)[C@H](CC(=O)O)NC(=O)COCCOCCNC(=O)COCCOCCNC(=O)CC[C@H](NC(=O)CCCCCCCCCCCCCCCCC(=O)O)C(=O)O)C(=O)NCC(=O)N[C@@H](Cc1c[nH]c2ccccc12)C(=O)N[C@@H](CCC(N)=O)C(=O)N(C)[C@H](CC(=O)O)C(=O)N(C)[C@@H](Cc1ccccc1)C(N)=O. The fourth-order valence-electron chi connectivity index (χ4n) is 13.7. The van der Waals surface area contributed by atoms with E-state index in [1.165, 1.54) is 44.9 Å². The monoisotopic (exact) mass is 1860 g/mol. The number of nitrogens with one attached hydrogen (secondary N) is 10. The number of carboxylic acid groups (broad SMARTS) is 4. The summed E-state index contributed by atoms with van der Waals surface area (Å²) in [4.78, 5) is 228. The van der Waals surface area contributed by atoms with Crippen LogP contribution in [0, 0.1) is 5.92 Å². The average molecular weight is 1870 g/mol. The molecule has 44 heteroatoms. The van der Waals surface area contributed by atoms with Crippen LogP contribution in [0.3, 0.4) is 0 Å². The van der Waals surface area contributed by atoms with Crippen molar-refractivity contribution in [2.45, 2.75) is 229 Å². The molecular formula is C87H128N14O29S. The van der Waals surface area contributed by atoms with E-state index in [0.717, 1.165) is 86.8 Å². The number of unbranched alkanes of at least 4 members (excludes halogenated alkanes) is 13. The van der Waals surface area contributed by atoms with Gasteiger partial charge in [0.15, 0.2) is 0 Å². The van der Waals surface area contributed by atoms with Crippen molar-refractivity contribution >= 4 is 122 Å². The maximum atomic E-state index is 14.7. The maximum Gasteiger partial charge on any atom is 0.446 e. The zero-order valence-corrected chi connectivity index (χ0v) is 75.2. The van der Waals surface area contributed by atoms with Gasteiger partial charge in [0, 0.05) is 89.2 Å². The third-order valence-corrected chi connectivity index (χ3v) is 21.0. The highest BCUT2D eigenvalue weighted by molar-refractivity contribution is 7.81. The minimum absolute atomic E-state index is 0.0162. The normalized spacial score (nSPS) is 13.1. The number of para-hydroxylation sites is 1. The summed E-state index contributed by atoms with van der Waals surface area (Å²) in [7, 11) is -2.75. The molecule has 726 valence electrons. The van der Waals surface area contributed by atoms with Crippen LogP contribution in [0.2, 0.25) is 0 Å². The molecule has 0 aliphatic carbocycles. The third kappa shape index (κ3) is 47.2. The molecule has 19 N–H and O–H groups in total. The highest BCUT2D eigenvalue weighted by Crippen LogP contribution is 2.23. The lowest BCUT2D eigenvalue weighted by molar-refractivity contribution is -0.152. The quantitative estimate of drug-likeness (QED) is 0.0219. The molecular weight excluding hydrogens is 1740 g/mol. The van der Waals surface area contributed by atoms with Crippen LogP contribution in [0.5, 0.6) is 5.75 Å². The van der Waals surface area contributed by atoms with Crippen LogP contribution in [-0.4, -0.2) is 284 Å². The Morgan fingerprint density at radius 2 is 0.908 bits per heavy atom. The Bertz CT molecular complexity index is 4480. The van der Waals surface area contributed by atoms with Crippen molar-refractivity contribution in [3.05, 3.63) is 102 Å². The molecule has 1 aromatic heterocycles. The highest BCUT2D eigenvalue weighted by Gasteiger charge is 2.40. The van der Waals surface area contributed by atoms with Gasteiger partial charge in [-0.05, 0) is 72.9 Å². The second kappa shape index (κ2) is 61.3. The molecule has 4 rings (SSSR count). The van der Waals surface area contributed by atoms with E-state index in [1.54, 1.807) is 74.6 Å². The van der Waals surface area contributed by atoms with E-state index in [4.69, 9.17) is 35.5 Å². The molecule has 0 bridgehead atoms. The second-order valence-electron chi connectivity index (χ2n) is 31.8. The van der Waals surface area contributed by atoms with Crippen molar-refractivity contribution in [1.82, 2.24) is 62.6 Å². The van der Waals surface area contributed by atoms with E-state index in [2.05, 4.69) is 57.0 Å². The highest BCUT2D eigenvalue weighted by atomic mass is 32.3. The Labute approximate surface area is 759 Å². The molecule has 8 atom stereocenters. The van der Waals surface area contributed by atoms with E-state index in [9.17, 15) is 110 Å². The minimum Gasteiger partial charge on any atom is -0.481 e. The first kappa shape index (κ1) is 111. The number of rotatable bonds is 71.